The number of nitrogens with zero attached hydrogens (tertiary/aromatic N) is 3. The van der Waals surface area contributed by atoms with E-state index in [1.54, 1.807) is 11.9 Å². The Balaban J connectivity index is 1.49. The van der Waals surface area contributed by atoms with Crippen LogP contribution in [0.4, 0.5) is 0 Å². The Hall–Kier alpha value is -1.67. The van der Waals surface area contributed by atoms with Crippen molar-refractivity contribution in [3.05, 3.63) is 0 Å². The molecule has 2 heterocycles. The number of amides is 2. The van der Waals surface area contributed by atoms with Crippen molar-refractivity contribution in [3.8, 4) is 0 Å². The Morgan fingerprint density at radius 1 is 1.04 bits per heavy atom. The Labute approximate surface area is 166 Å². The molecule has 8 nitrogen and oxygen atoms in total. The Kier molecular flexibility index (Phi) is 5.35. The van der Waals surface area contributed by atoms with Crippen LogP contribution in [0.2, 0.25) is 0 Å². The lowest BCUT2D eigenvalue weighted by atomic mass is 9.73. The molecule has 5 atom stereocenters. The van der Waals surface area contributed by atoms with Crippen molar-refractivity contribution >= 4 is 17.8 Å². The second kappa shape index (κ2) is 7.63. The molecule has 2 saturated carbocycles. The van der Waals surface area contributed by atoms with Crippen molar-refractivity contribution in [2.24, 2.45) is 17.8 Å². The van der Waals surface area contributed by atoms with Crippen LogP contribution in [0.25, 0.3) is 0 Å². The largest absolute Gasteiger partial charge is 0.480 e. The maximum absolute atomic E-state index is 13.0. The van der Waals surface area contributed by atoms with Crippen LogP contribution >= 0.6 is 0 Å². The first kappa shape index (κ1) is 19.6. The minimum Gasteiger partial charge on any atom is -0.480 e. The van der Waals surface area contributed by atoms with E-state index in [1.807, 2.05) is 4.90 Å². The monoisotopic (exact) mass is 392 g/mol. The quantitative estimate of drug-likeness (QED) is 0.725. The highest BCUT2D eigenvalue weighted by atomic mass is 16.4. The van der Waals surface area contributed by atoms with Gasteiger partial charge in [-0.05, 0) is 50.9 Å². The third-order valence-corrected chi connectivity index (χ3v) is 7.11. The molecule has 0 aromatic rings. The molecule has 4 rings (SSSR count). The van der Waals surface area contributed by atoms with E-state index in [0.717, 1.165) is 45.2 Å². The second-order valence-corrected chi connectivity index (χ2v) is 9.14. The molecule has 2 aliphatic carbocycles. The summed E-state index contributed by atoms with van der Waals surface area (Å²) in [4.78, 5) is 40.4. The number of carboxylic acids is 1. The lowest BCUT2D eigenvalue weighted by Gasteiger charge is -2.54. The van der Waals surface area contributed by atoms with Gasteiger partial charge < -0.3 is 14.9 Å². The lowest BCUT2D eigenvalue weighted by molar-refractivity contribution is -0.155. The number of rotatable bonds is 4. The summed E-state index contributed by atoms with van der Waals surface area (Å²) in [6, 6.07) is 0.280. The van der Waals surface area contributed by atoms with Crippen LogP contribution in [0, 0.1) is 17.8 Å². The van der Waals surface area contributed by atoms with Gasteiger partial charge in [0.15, 0.2) is 0 Å². The maximum atomic E-state index is 13.0. The molecule has 0 radical (unpaired) electrons. The Morgan fingerprint density at radius 3 is 2.43 bits per heavy atom. The number of hydrogen-bond donors (Lipinski definition) is 2. The fourth-order valence-corrected chi connectivity index (χ4v) is 5.70. The van der Waals surface area contributed by atoms with E-state index in [2.05, 4.69) is 17.2 Å². The fraction of sp³-hybridized carbons (Fsp3) is 0.850. The van der Waals surface area contributed by atoms with Gasteiger partial charge in [0.05, 0.1) is 12.1 Å². The molecule has 2 N–H and O–H groups in total. The molecule has 4 fully saturated rings. The first-order chi connectivity index (χ1) is 13.3. The summed E-state index contributed by atoms with van der Waals surface area (Å²) in [6.07, 6.45) is 4.85. The average Bonchev–Trinajstić information content (AvgIpc) is 3.39. The van der Waals surface area contributed by atoms with Crippen molar-refractivity contribution in [2.75, 3.05) is 26.2 Å². The van der Waals surface area contributed by atoms with E-state index in [1.165, 1.54) is 0 Å². The predicted molar refractivity (Wildman–Crippen MR) is 102 cm³/mol. The van der Waals surface area contributed by atoms with Gasteiger partial charge >= 0.3 is 5.97 Å². The van der Waals surface area contributed by atoms with Crippen molar-refractivity contribution in [2.45, 2.75) is 64.1 Å². The van der Waals surface area contributed by atoms with Gasteiger partial charge in [-0.25, -0.2) is 5.01 Å². The summed E-state index contributed by atoms with van der Waals surface area (Å²) in [6.45, 7) is 5.87. The molecule has 156 valence electrons. The van der Waals surface area contributed by atoms with Gasteiger partial charge in [-0.15, -0.1) is 0 Å². The van der Waals surface area contributed by atoms with Crippen molar-refractivity contribution in [1.29, 1.82) is 0 Å². The number of carbonyl (C=O) groups is 3. The molecule has 8 heteroatoms. The normalized spacial score (nSPS) is 36.3. The lowest BCUT2D eigenvalue weighted by Crippen LogP contribution is -2.67. The average molecular weight is 393 g/mol. The second-order valence-electron chi connectivity index (χ2n) is 9.14. The number of piperazine rings is 1. The molecule has 0 aromatic carbocycles. The summed E-state index contributed by atoms with van der Waals surface area (Å²) in [5.74, 6) is 0.595. The van der Waals surface area contributed by atoms with Crippen LogP contribution < -0.4 is 5.43 Å². The van der Waals surface area contributed by atoms with E-state index in [-0.39, 0.29) is 42.4 Å². The number of carbonyl (C=O) groups excluding carboxylic acids is 2. The number of aliphatic carboxylic acids is 1. The van der Waals surface area contributed by atoms with E-state index < -0.39 is 5.97 Å². The third kappa shape index (κ3) is 3.76. The van der Waals surface area contributed by atoms with Gasteiger partial charge in [0, 0.05) is 38.5 Å². The molecule has 0 spiro atoms. The molecular formula is C20H32N4O4. The topological polar surface area (TPSA) is 93.2 Å². The van der Waals surface area contributed by atoms with Gasteiger partial charge in [0.25, 0.3) is 0 Å². The number of nitrogens with one attached hydrogen (secondary N) is 1. The van der Waals surface area contributed by atoms with E-state index in [0.29, 0.717) is 18.4 Å². The summed E-state index contributed by atoms with van der Waals surface area (Å²) in [5, 5.41) is 10.8. The first-order valence-corrected chi connectivity index (χ1v) is 10.6. The third-order valence-electron chi connectivity index (χ3n) is 7.11. The molecular weight excluding hydrogens is 360 g/mol. The minimum absolute atomic E-state index is 0.0111. The molecule has 0 bridgehead atoms. The standard InChI is InChI=1S/C20H32N4O4/c1-12-9-23(20(28)14-3-4-14)18-7-15(5-6-17(18)24(12)13(2)25)16-8-21-22(10-16)11-19(26)27/h12,14-18,21H,3-11H2,1-2H3,(H,26,27)/t12-,15?,16?,17?,18?/m0/s1. The van der Waals surface area contributed by atoms with Crippen LogP contribution in [-0.4, -0.2) is 82.0 Å². The molecule has 0 aromatic heterocycles. The molecule has 28 heavy (non-hydrogen) atoms. The van der Waals surface area contributed by atoms with Gasteiger partial charge in [-0.2, -0.15) is 0 Å². The summed E-state index contributed by atoms with van der Waals surface area (Å²) in [5.41, 5.74) is 3.21. The van der Waals surface area contributed by atoms with Crippen LogP contribution in [-0.2, 0) is 14.4 Å². The first-order valence-electron chi connectivity index (χ1n) is 10.6. The number of carboxylic acid groups (broad SMARTS) is 1. The van der Waals surface area contributed by atoms with Crippen LogP contribution in [0.5, 0.6) is 0 Å². The molecule has 4 unspecified atom stereocenters. The van der Waals surface area contributed by atoms with Crippen molar-refractivity contribution < 1.29 is 19.5 Å². The van der Waals surface area contributed by atoms with Crippen LogP contribution in [0.15, 0.2) is 0 Å². The van der Waals surface area contributed by atoms with Crippen LogP contribution in [0.1, 0.15) is 46.0 Å². The van der Waals surface area contributed by atoms with Gasteiger partial charge in [0.1, 0.15) is 6.54 Å². The molecule has 2 amide bonds. The number of hydrogen-bond acceptors (Lipinski definition) is 5. The SMILES string of the molecule is CC(=O)N1C2CCC(C3CNN(CC(=O)O)C3)CC2N(C(=O)C2CC2)C[C@@H]1C. The van der Waals surface area contributed by atoms with Gasteiger partial charge in [-0.3, -0.25) is 19.8 Å². The number of fused-ring (bicyclic) bond motifs is 1. The van der Waals surface area contributed by atoms with Crippen molar-refractivity contribution in [3.63, 3.8) is 0 Å². The summed E-state index contributed by atoms with van der Waals surface area (Å²) < 4.78 is 0. The zero-order valence-corrected chi connectivity index (χ0v) is 16.8. The number of hydrazine groups is 1. The maximum Gasteiger partial charge on any atom is 0.319 e. The highest BCUT2D eigenvalue weighted by Gasteiger charge is 2.49. The Morgan fingerprint density at radius 2 is 1.79 bits per heavy atom. The van der Waals surface area contributed by atoms with Gasteiger partial charge in [-0.1, -0.05) is 0 Å². The molecule has 2 saturated heterocycles. The van der Waals surface area contributed by atoms with E-state index >= 15 is 0 Å². The highest BCUT2D eigenvalue weighted by Crippen LogP contribution is 2.41. The zero-order valence-electron chi connectivity index (χ0n) is 16.8. The highest BCUT2D eigenvalue weighted by molar-refractivity contribution is 5.82. The zero-order chi connectivity index (χ0) is 20.0. The van der Waals surface area contributed by atoms with E-state index in [4.69, 9.17) is 5.11 Å². The Bertz CT molecular complexity index is 652. The summed E-state index contributed by atoms with van der Waals surface area (Å²) in [7, 11) is 0. The van der Waals surface area contributed by atoms with Gasteiger partial charge in [0.2, 0.25) is 11.8 Å². The smallest absolute Gasteiger partial charge is 0.319 e. The molecule has 4 aliphatic rings. The predicted octanol–water partition coefficient (Wildman–Crippen LogP) is 0.534. The minimum atomic E-state index is -0.823. The van der Waals surface area contributed by atoms with Crippen molar-refractivity contribution in [1.82, 2.24) is 20.2 Å². The fourth-order valence-electron chi connectivity index (χ4n) is 5.70. The summed E-state index contributed by atoms with van der Waals surface area (Å²) >= 11 is 0. The van der Waals surface area contributed by atoms with E-state index in [9.17, 15) is 14.4 Å². The molecule has 2 aliphatic heterocycles. The van der Waals surface area contributed by atoms with Crippen LogP contribution in [0.3, 0.4) is 0 Å².